The van der Waals surface area contributed by atoms with Crippen LogP contribution in [-0.4, -0.2) is 47.6 Å². The highest BCUT2D eigenvalue weighted by atomic mass is 79.9. The molecule has 4 rings (SSSR count). The van der Waals surface area contributed by atoms with E-state index in [0.717, 1.165) is 53.9 Å². The third kappa shape index (κ3) is 7.91. The molecule has 3 N–H and O–H groups in total. The minimum absolute atomic E-state index is 0.0219. The van der Waals surface area contributed by atoms with Crippen molar-refractivity contribution in [1.29, 1.82) is 0 Å². The van der Waals surface area contributed by atoms with Gasteiger partial charge in [-0.05, 0) is 92.2 Å². The van der Waals surface area contributed by atoms with Crippen LogP contribution in [0.5, 0.6) is 11.5 Å². The maximum absolute atomic E-state index is 12.4. The summed E-state index contributed by atoms with van der Waals surface area (Å²) in [6.45, 7) is 3.40. The lowest BCUT2D eigenvalue weighted by Gasteiger charge is -2.32. The molecule has 1 saturated heterocycles. The normalized spacial score (nSPS) is 14.4. The fourth-order valence-electron chi connectivity index (χ4n) is 4.16. The number of anilines is 1. The molecule has 0 atom stereocenters. The van der Waals surface area contributed by atoms with E-state index in [4.69, 9.17) is 9.84 Å². The first-order valence-corrected chi connectivity index (χ1v) is 12.9. The molecule has 8 heteroatoms. The largest absolute Gasteiger partial charge is 0.478 e. The van der Waals surface area contributed by atoms with Crippen molar-refractivity contribution in [3.05, 3.63) is 88.4 Å². The number of carbonyl (C=O) groups excluding carboxylic acids is 1. The molecule has 0 unspecified atom stereocenters. The SMILES string of the molecule is O=C(CCNC1CCN(Cc2ccc(C(=O)O)cc2)CC1)Nc1ccc(Oc2ccc(Br)cc2)cc1. The Kier molecular flexibility index (Phi) is 9.11. The van der Waals surface area contributed by atoms with Crippen LogP contribution >= 0.6 is 15.9 Å². The fraction of sp³-hybridized carbons (Fsp3) is 0.286. The third-order valence-electron chi connectivity index (χ3n) is 6.17. The first kappa shape index (κ1) is 25.9. The second kappa shape index (κ2) is 12.7. The van der Waals surface area contributed by atoms with E-state index in [1.54, 1.807) is 12.1 Å². The number of carboxylic acid groups (broad SMARTS) is 1. The first-order valence-electron chi connectivity index (χ1n) is 12.1. The first-order chi connectivity index (χ1) is 17.4. The Labute approximate surface area is 219 Å². The molecule has 0 saturated carbocycles. The van der Waals surface area contributed by atoms with Crippen LogP contribution in [0.1, 0.15) is 35.2 Å². The van der Waals surface area contributed by atoms with Gasteiger partial charge in [0, 0.05) is 35.7 Å². The van der Waals surface area contributed by atoms with Crippen LogP contribution in [0, 0.1) is 0 Å². The van der Waals surface area contributed by atoms with Crippen LogP contribution in [0.4, 0.5) is 5.69 Å². The van der Waals surface area contributed by atoms with Crippen LogP contribution in [0.2, 0.25) is 0 Å². The van der Waals surface area contributed by atoms with Crippen LogP contribution in [0.15, 0.2) is 77.3 Å². The van der Waals surface area contributed by atoms with Gasteiger partial charge in [-0.1, -0.05) is 28.1 Å². The second-order valence-corrected chi connectivity index (χ2v) is 9.80. The summed E-state index contributed by atoms with van der Waals surface area (Å²) >= 11 is 3.41. The van der Waals surface area contributed by atoms with Crippen molar-refractivity contribution in [3.63, 3.8) is 0 Å². The number of rotatable bonds is 10. The molecule has 0 radical (unpaired) electrons. The number of ether oxygens (including phenoxy) is 1. The van der Waals surface area contributed by atoms with Crippen LogP contribution in [-0.2, 0) is 11.3 Å². The van der Waals surface area contributed by atoms with Crippen molar-refractivity contribution in [2.75, 3.05) is 25.0 Å². The van der Waals surface area contributed by atoms with Crippen molar-refractivity contribution in [2.24, 2.45) is 0 Å². The Morgan fingerprint density at radius 1 is 0.917 bits per heavy atom. The predicted molar refractivity (Wildman–Crippen MR) is 144 cm³/mol. The van der Waals surface area contributed by atoms with Gasteiger partial charge in [0.1, 0.15) is 11.5 Å². The lowest BCUT2D eigenvalue weighted by molar-refractivity contribution is -0.116. The minimum atomic E-state index is -0.901. The summed E-state index contributed by atoms with van der Waals surface area (Å²) in [5.41, 5.74) is 2.18. The van der Waals surface area contributed by atoms with Gasteiger partial charge in [-0.3, -0.25) is 9.69 Å². The molecule has 1 heterocycles. The van der Waals surface area contributed by atoms with E-state index in [0.29, 0.717) is 30.3 Å². The zero-order chi connectivity index (χ0) is 25.3. The van der Waals surface area contributed by atoms with E-state index in [-0.39, 0.29) is 5.91 Å². The molecular formula is C28H30BrN3O4. The Hall–Kier alpha value is -3.20. The number of hydrogen-bond donors (Lipinski definition) is 3. The standard InChI is InChI=1S/C28H30BrN3O4/c29-22-5-9-25(10-6-22)36-26-11-7-24(8-12-26)31-27(33)13-16-30-23-14-17-32(18-15-23)19-20-1-3-21(4-2-20)28(34)35/h1-12,23,30H,13-19H2,(H,31,33)(H,34,35). The lowest BCUT2D eigenvalue weighted by Crippen LogP contribution is -2.42. The Balaban J connectivity index is 1.12. The molecule has 1 fully saturated rings. The molecule has 1 aliphatic rings. The van der Waals surface area contributed by atoms with Crippen LogP contribution < -0.4 is 15.4 Å². The molecule has 1 amide bonds. The second-order valence-electron chi connectivity index (χ2n) is 8.89. The molecule has 1 aliphatic heterocycles. The Morgan fingerprint density at radius 3 is 2.14 bits per heavy atom. The van der Waals surface area contributed by atoms with Gasteiger partial charge in [0.05, 0.1) is 5.56 Å². The summed E-state index contributed by atoms with van der Waals surface area (Å²) < 4.78 is 6.81. The summed E-state index contributed by atoms with van der Waals surface area (Å²) in [5.74, 6) is 0.537. The minimum Gasteiger partial charge on any atom is -0.478 e. The van der Waals surface area contributed by atoms with Crippen molar-refractivity contribution < 1.29 is 19.4 Å². The molecule has 0 spiro atoms. The van der Waals surface area contributed by atoms with E-state index in [9.17, 15) is 9.59 Å². The third-order valence-corrected chi connectivity index (χ3v) is 6.70. The summed E-state index contributed by atoms with van der Waals surface area (Å²) in [6.07, 6.45) is 2.45. The number of halogens is 1. The number of nitrogens with zero attached hydrogens (tertiary/aromatic N) is 1. The predicted octanol–water partition coefficient (Wildman–Crippen LogP) is 5.52. The van der Waals surface area contributed by atoms with Gasteiger partial charge < -0.3 is 20.5 Å². The lowest BCUT2D eigenvalue weighted by atomic mass is 10.0. The van der Waals surface area contributed by atoms with Gasteiger partial charge >= 0.3 is 5.97 Å². The van der Waals surface area contributed by atoms with E-state index >= 15 is 0 Å². The maximum Gasteiger partial charge on any atom is 0.335 e. The number of piperidine rings is 1. The topological polar surface area (TPSA) is 90.9 Å². The molecule has 3 aromatic rings. The zero-order valence-electron chi connectivity index (χ0n) is 20.0. The molecule has 0 bridgehead atoms. The number of aromatic carboxylic acids is 1. The fourth-order valence-corrected chi connectivity index (χ4v) is 4.43. The number of amides is 1. The Morgan fingerprint density at radius 2 is 1.53 bits per heavy atom. The number of benzene rings is 3. The molecule has 7 nitrogen and oxygen atoms in total. The monoisotopic (exact) mass is 551 g/mol. The number of carbonyl (C=O) groups is 2. The zero-order valence-corrected chi connectivity index (χ0v) is 21.5. The number of nitrogens with one attached hydrogen (secondary N) is 2. The van der Waals surface area contributed by atoms with Gasteiger partial charge in [0.25, 0.3) is 0 Å². The summed E-state index contributed by atoms with van der Waals surface area (Å²) in [4.78, 5) is 25.7. The molecular weight excluding hydrogens is 522 g/mol. The molecule has 188 valence electrons. The van der Waals surface area contributed by atoms with Crippen molar-refractivity contribution in [3.8, 4) is 11.5 Å². The molecule has 0 aromatic heterocycles. The average Bonchev–Trinajstić information content (AvgIpc) is 2.88. The van der Waals surface area contributed by atoms with Crippen molar-refractivity contribution in [2.45, 2.75) is 31.8 Å². The van der Waals surface area contributed by atoms with Crippen molar-refractivity contribution in [1.82, 2.24) is 10.2 Å². The number of hydrogen-bond acceptors (Lipinski definition) is 5. The van der Waals surface area contributed by atoms with Gasteiger partial charge in [0.15, 0.2) is 0 Å². The van der Waals surface area contributed by atoms with Crippen molar-refractivity contribution >= 4 is 33.5 Å². The maximum atomic E-state index is 12.4. The van der Waals surface area contributed by atoms with Crippen LogP contribution in [0.3, 0.4) is 0 Å². The molecule has 3 aromatic carbocycles. The molecule has 0 aliphatic carbocycles. The van der Waals surface area contributed by atoms with E-state index in [2.05, 4.69) is 31.5 Å². The quantitative estimate of drug-likeness (QED) is 0.307. The average molecular weight is 552 g/mol. The summed E-state index contributed by atoms with van der Waals surface area (Å²) in [6, 6.07) is 22.5. The Bertz CT molecular complexity index is 1140. The van der Waals surface area contributed by atoms with E-state index in [1.165, 1.54) is 0 Å². The van der Waals surface area contributed by atoms with Gasteiger partial charge in [0.2, 0.25) is 5.91 Å². The highest BCUT2D eigenvalue weighted by molar-refractivity contribution is 9.10. The van der Waals surface area contributed by atoms with E-state index < -0.39 is 5.97 Å². The van der Waals surface area contributed by atoms with Gasteiger partial charge in [-0.15, -0.1) is 0 Å². The van der Waals surface area contributed by atoms with Gasteiger partial charge in [-0.25, -0.2) is 4.79 Å². The van der Waals surface area contributed by atoms with E-state index in [1.807, 2.05) is 60.7 Å². The summed E-state index contributed by atoms with van der Waals surface area (Å²) in [7, 11) is 0. The highest BCUT2D eigenvalue weighted by Gasteiger charge is 2.19. The summed E-state index contributed by atoms with van der Waals surface area (Å²) in [5, 5.41) is 15.5. The number of carboxylic acids is 1. The highest BCUT2D eigenvalue weighted by Crippen LogP contribution is 2.24. The smallest absolute Gasteiger partial charge is 0.335 e. The van der Waals surface area contributed by atoms with Gasteiger partial charge in [-0.2, -0.15) is 0 Å². The molecule has 36 heavy (non-hydrogen) atoms. The van der Waals surface area contributed by atoms with Crippen LogP contribution in [0.25, 0.3) is 0 Å². The number of likely N-dealkylation sites (tertiary alicyclic amines) is 1.